The Hall–Kier alpha value is -2.76. The van der Waals surface area contributed by atoms with Gasteiger partial charge >= 0.3 is 0 Å². The van der Waals surface area contributed by atoms with Gasteiger partial charge in [-0.1, -0.05) is 6.07 Å². The third kappa shape index (κ3) is 1.82. The molecule has 24 heavy (non-hydrogen) atoms. The molecule has 6 heteroatoms. The summed E-state index contributed by atoms with van der Waals surface area (Å²) in [6.07, 6.45) is 6.41. The largest absolute Gasteiger partial charge is 0.327 e. The molecular formula is C18H17N5O. The highest BCUT2D eigenvalue weighted by molar-refractivity contribution is 5.93. The average molecular weight is 319 g/mol. The first kappa shape index (κ1) is 13.7. The minimum Gasteiger partial charge on any atom is -0.327 e. The molecule has 2 aliphatic heterocycles. The Morgan fingerprint density at radius 2 is 2.17 bits per heavy atom. The number of hydrogen-bond donors (Lipinski definition) is 0. The van der Waals surface area contributed by atoms with E-state index in [2.05, 4.69) is 15.1 Å². The van der Waals surface area contributed by atoms with Gasteiger partial charge in [-0.3, -0.25) is 9.78 Å². The van der Waals surface area contributed by atoms with Crippen LogP contribution in [0.1, 0.15) is 46.3 Å². The number of aryl methyl sites for hydroxylation is 1. The summed E-state index contributed by atoms with van der Waals surface area (Å²) in [7, 11) is 0. The lowest BCUT2D eigenvalue weighted by Crippen LogP contribution is -2.43. The van der Waals surface area contributed by atoms with Crippen LogP contribution in [-0.2, 0) is 6.42 Å². The van der Waals surface area contributed by atoms with E-state index in [1.165, 1.54) is 5.69 Å². The number of pyridine rings is 1. The van der Waals surface area contributed by atoms with Gasteiger partial charge in [0.25, 0.3) is 5.91 Å². The lowest BCUT2D eigenvalue weighted by Gasteiger charge is -2.35. The second-order valence-corrected chi connectivity index (χ2v) is 6.59. The molecular weight excluding hydrogens is 302 g/mol. The lowest BCUT2D eigenvalue weighted by atomic mass is 9.98. The van der Waals surface area contributed by atoms with Crippen molar-refractivity contribution in [1.82, 2.24) is 24.5 Å². The van der Waals surface area contributed by atoms with Crippen molar-refractivity contribution in [2.24, 2.45) is 0 Å². The van der Waals surface area contributed by atoms with Gasteiger partial charge in [-0.05, 0) is 31.9 Å². The number of rotatable bonds is 1. The van der Waals surface area contributed by atoms with Crippen molar-refractivity contribution < 1.29 is 4.79 Å². The summed E-state index contributed by atoms with van der Waals surface area (Å²) in [5.74, 6) is 0.0190. The second-order valence-electron chi connectivity index (χ2n) is 6.59. The summed E-state index contributed by atoms with van der Waals surface area (Å²) >= 11 is 0. The van der Waals surface area contributed by atoms with E-state index >= 15 is 0 Å². The van der Waals surface area contributed by atoms with Crippen LogP contribution < -0.4 is 0 Å². The van der Waals surface area contributed by atoms with Gasteiger partial charge in [0.2, 0.25) is 0 Å². The van der Waals surface area contributed by atoms with Crippen molar-refractivity contribution >= 4 is 11.6 Å². The van der Waals surface area contributed by atoms with E-state index in [1.807, 2.05) is 40.7 Å². The third-order valence-electron chi connectivity index (χ3n) is 5.15. The SMILES string of the molecule is Cc1cc2ncc3c(n2n1)C[C@H]1CC[C@H]3N1C(=O)c1ccccn1. The smallest absolute Gasteiger partial charge is 0.273 e. The molecule has 1 saturated heterocycles. The van der Waals surface area contributed by atoms with Gasteiger partial charge in [-0.25, -0.2) is 9.50 Å². The molecule has 3 aromatic rings. The molecule has 1 amide bonds. The van der Waals surface area contributed by atoms with Gasteiger partial charge in [0.1, 0.15) is 5.69 Å². The average Bonchev–Trinajstić information content (AvgIpc) is 3.14. The molecule has 0 N–H and O–H groups in total. The van der Waals surface area contributed by atoms with Crippen LogP contribution in [0.4, 0.5) is 0 Å². The van der Waals surface area contributed by atoms with E-state index in [1.54, 1.807) is 12.3 Å². The Morgan fingerprint density at radius 3 is 3.00 bits per heavy atom. The number of fused-ring (bicyclic) bond motifs is 6. The van der Waals surface area contributed by atoms with Gasteiger partial charge < -0.3 is 4.90 Å². The first-order chi connectivity index (χ1) is 11.7. The van der Waals surface area contributed by atoms with Crippen molar-refractivity contribution in [3.63, 3.8) is 0 Å². The molecule has 6 nitrogen and oxygen atoms in total. The summed E-state index contributed by atoms with van der Waals surface area (Å²) in [6, 6.07) is 7.76. The summed E-state index contributed by atoms with van der Waals surface area (Å²) in [5.41, 5.74) is 4.70. The molecule has 1 fully saturated rings. The predicted molar refractivity (Wildman–Crippen MR) is 87.6 cm³/mol. The molecule has 2 aliphatic rings. The maximum Gasteiger partial charge on any atom is 0.273 e. The fourth-order valence-electron chi connectivity index (χ4n) is 4.13. The first-order valence-corrected chi connectivity index (χ1v) is 8.30. The van der Waals surface area contributed by atoms with Crippen LogP contribution in [0, 0.1) is 6.92 Å². The minimum absolute atomic E-state index is 0.0190. The maximum absolute atomic E-state index is 13.0. The Balaban J connectivity index is 1.61. The fourth-order valence-corrected chi connectivity index (χ4v) is 4.13. The van der Waals surface area contributed by atoms with Gasteiger partial charge in [0, 0.05) is 36.5 Å². The number of carbonyl (C=O) groups is 1. The Kier molecular flexibility index (Phi) is 2.77. The topological polar surface area (TPSA) is 63.4 Å². The third-order valence-corrected chi connectivity index (χ3v) is 5.15. The molecule has 0 aromatic carbocycles. The lowest BCUT2D eigenvalue weighted by molar-refractivity contribution is 0.0636. The molecule has 0 radical (unpaired) electrons. The molecule has 3 aromatic heterocycles. The van der Waals surface area contributed by atoms with Crippen LogP contribution in [0.2, 0.25) is 0 Å². The van der Waals surface area contributed by atoms with E-state index in [0.717, 1.165) is 36.2 Å². The Morgan fingerprint density at radius 1 is 1.25 bits per heavy atom. The highest BCUT2D eigenvalue weighted by atomic mass is 16.2. The fraction of sp³-hybridized carbons (Fsp3) is 0.333. The van der Waals surface area contributed by atoms with Crippen molar-refractivity contribution in [1.29, 1.82) is 0 Å². The standard InChI is InChI=1S/C18H17N5O/c1-11-8-17-20-10-13-15-6-5-12(9-16(13)23(17)21-11)22(15)18(24)14-4-2-3-7-19-14/h2-4,7-8,10,12,15H,5-6,9H2,1H3/t12-,15-/m1/s1. The van der Waals surface area contributed by atoms with Crippen LogP contribution in [-0.4, -0.2) is 36.4 Å². The monoisotopic (exact) mass is 319 g/mol. The van der Waals surface area contributed by atoms with Crippen LogP contribution in [0.15, 0.2) is 36.7 Å². The molecule has 5 rings (SSSR count). The normalized spacial score (nSPS) is 22.0. The number of amides is 1. The Labute approximate surface area is 139 Å². The van der Waals surface area contributed by atoms with Crippen molar-refractivity contribution in [2.45, 2.75) is 38.3 Å². The van der Waals surface area contributed by atoms with Crippen LogP contribution in [0.25, 0.3) is 5.65 Å². The van der Waals surface area contributed by atoms with Crippen LogP contribution >= 0.6 is 0 Å². The van der Waals surface area contributed by atoms with Crippen LogP contribution in [0.5, 0.6) is 0 Å². The number of hydrogen-bond acceptors (Lipinski definition) is 4. The quantitative estimate of drug-likeness (QED) is 0.690. The van der Waals surface area contributed by atoms with E-state index in [9.17, 15) is 4.79 Å². The van der Waals surface area contributed by atoms with E-state index in [4.69, 9.17) is 0 Å². The van der Waals surface area contributed by atoms with Crippen molar-refractivity contribution in [3.8, 4) is 0 Å². The van der Waals surface area contributed by atoms with Gasteiger partial charge in [0.05, 0.1) is 17.4 Å². The van der Waals surface area contributed by atoms with Crippen molar-refractivity contribution in [2.75, 3.05) is 0 Å². The molecule has 0 unspecified atom stereocenters. The molecule has 0 saturated carbocycles. The van der Waals surface area contributed by atoms with E-state index < -0.39 is 0 Å². The molecule has 5 heterocycles. The Bertz CT molecular complexity index is 949. The van der Waals surface area contributed by atoms with E-state index in [0.29, 0.717) is 5.69 Å². The molecule has 2 atom stereocenters. The highest BCUT2D eigenvalue weighted by Gasteiger charge is 2.44. The van der Waals surface area contributed by atoms with Gasteiger partial charge in [0.15, 0.2) is 5.65 Å². The zero-order valence-corrected chi connectivity index (χ0v) is 13.4. The van der Waals surface area contributed by atoms with Gasteiger partial charge in [-0.2, -0.15) is 5.10 Å². The van der Waals surface area contributed by atoms with Gasteiger partial charge in [-0.15, -0.1) is 0 Å². The molecule has 0 aliphatic carbocycles. The first-order valence-electron chi connectivity index (χ1n) is 8.30. The zero-order chi connectivity index (χ0) is 16.3. The highest BCUT2D eigenvalue weighted by Crippen LogP contribution is 2.44. The zero-order valence-electron chi connectivity index (χ0n) is 13.4. The summed E-state index contributed by atoms with van der Waals surface area (Å²) in [5, 5.41) is 4.59. The van der Waals surface area contributed by atoms with Crippen molar-refractivity contribution in [3.05, 3.63) is 59.3 Å². The molecule has 0 spiro atoms. The summed E-state index contributed by atoms with van der Waals surface area (Å²) < 4.78 is 1.96. The van der Waals surface area contributed by atoms with E-state index in [-0.39, 0.29) is 18.0 Å². The number of aromatic nitrogens is 4. The number of carbonyl (C=O) groups excluding carboxylic acids is 1. The second kappa shape index (κ2) is 4.87. The summed E-state index contributed by atoms with van der Waals surface area (Å²) in [4.78, 5) is 23.7. The minimum atomic E-state index is 0.0190. The maximum atomic E-state index is 13.0. The molecule has 120 valence electrons. The predicted octanol–water partition coefficient (Wildman–Crippen LogP) is 2.33. The summed E-state index contributed by atoms with van der Waals surface area (Å²) in [6.45, 7) is 1.98. The molecule has 2 bridgehead atoms. The number of nitrogens with zero attached hydrogens (tertiary/aromatic N) is 5. The van der Waals surface area contributed by atoms with Crippen LogP contribution in [0.3, 0.4) is 0 Å².